The van der Waals surface area contributed by atoms with Crippen molar-refractivity contribution in [3.63, 3.8) is 0 Å². The molecule has 92 valence electrons. The van der Waals surface area contributed by atoms with Crippen LogP contribution in [0.25, 0.3) is 11.0 Å². The Bertz CT molecular complexity index is 554. The van der Waals surface area contributed by atoms with Crippen molar-refractivity contribution in [3.05, 3.63) is 29.3 Å². The van der Waals surface area contributed by atoms with Gasteiger partial charge in [-0.25, -0.2) is 9.37 Å². The number of hydrogen-bond donors (Lipinski definition) is 1. The average molecular weight is 246 g/mol. The van der Waals surface area contributed by atoms with Crippen LogP contribution in [0.3, 0.4) is 0 Å². The van der Waals surface area contributed by atoms with Crippen molar-refractivity contribution in [1.29, 1.82) is 0 Å². The zero-order chi connectivity index (χ0) is 12.8. The normalized spacial score (nSPS) is 12.6. The fraction of sp³-hybridized carbons (Fsp3) is 0.364. The third kappa shape index (κ3) is 2.11. The molecule has 0 aliphatic rings. The number of nitrogens with zero attached hydrogens (tertiary/aromatic N) is 1. The first kappa shape index (κ1) is 11.9. The van der Waals surface area contributed by atoms with Crippen LogP contribution in [-0.4, -0.2) is 9.97 Å². The summed E-state index contributed by atoms with van der Waals surface area (Å²) in [4.78, 5) is 6.63. The summed E-state index contributed by atoms with van der Waals surface area (Å²) in [7, 11) is 0. The molecule has 2 rings (SSSR count). The van der Waals surface area contributed by atoms with Crippen LogP contribution in [-0.2, 0) is 6.18 Å². The van der Waals surface area contributed by atoms with Gasteiger partial charge in [0.2, 0.25) is 0 Å². The number of H-pyrrole nitrogens is 1. The molecule has 1 N–H and O–H groups in total. The summed E-state index contributed by atoms with van der Waals surface area (Å²) >= 11 is 0. The predicted octanol–water partition coefficient (Wildman–Crippen LogP) is 3.84. The minimum Gasteiger partial charge on any atom is -0.342 e. The number of nitrogens with one attached hydrogen (secondary N) is 1. The van der Waals surface area contributed by atoms with E-state index in [1.807, 2.05) is 13.8 Å². The van der Waals surface area contributed by atoms with Gasteiger partial charge in [0.1, 0.15) is 11.3 Å². The fourth-order valence-electron chi connectivity index (χ4n) is 1.53. The third-order valence-corrected chi connectivity index (χ3v) is 2.43. The van der Waals surface area contributed by atoms with Gasteiger partial charge in [-0.3, -0.25) is 0 Å². The Morgan fingerprint density at radius 1 is 1.24 bits per heavy atom. The summed E-state index contributed by atoms with van der Waals surface area (Å²) in [6, 6.07) is 1.34. The van der Waals surface area contributed by atoms with Crippen molar-refractivity contribution in [3.8, 4) is 0 Å². The van der Waals surface area contributed by atoms with Gasteiger partial charge in [-0.05, 0) is 12.1 Å². The Balaban J connectivity index is 2.65. The minimum absolute atomic E-state index is 0.00358. The average Bonchev–Trinajstić information content (AvgIpc) is 2.60. The number of rotatable bonds is 1. The first-order valence-electron chi connectivity index (χ1n) is 5.05. The zero-order valence-electron chi connectivity index (χ0n) is 9.19. The maximum absolute atomic E-state index is 13.5. The van der Waals surface area contributed by atoms with Gasteiger partial charge in [0.05, 0.1) is 11.1 Å². The van der Waals surface area contributed by atoms with Crippen LogP contribution in [0.4, 0.5) is 17.6 Å². The Kier molecular flexibility index (Phi) is 2.60. The maximum atomic E-state index is 13.5. The van der Waals surface area contributed by atoms with E-state index in [0.29, 0.717) is 11.9 Å². The van der Waals surface area contributed by atoms with E-state index in [1.165, 1.54) is 0 Å². The van der Waals surface area contributed by atoms with Crippen LogP contribution >= 0.6 is 0 Å². The molecule has 1 aromatic heterocycles. The van der Waals surface area contributed by atoms with Gasteiger partial charge < -0.3 is 4.98 Å². The lowest BCUT2D eigenvalue weighted by Gasteiger charge is -2.06. The highest BCUT2D eigenvalue weighted by atomic mass is 19.4. The molecule has 0 saturated carbocycles. The zero-order valence-corrected chi connectivity index (χ0v) is 9.19. The van der Waals surface area contributed by atoms with Crippen molar-refractivity contribution in [2.24, 2.45) is 0 Å². The van der Waals surface area contributed by atoms with E-state index in [2.05, 4.69) is 9.97 Å². The Hall–Kier alpha value is -1.59. The van der Waals surface area contributed by atoms with E-state index in [0.717, 1.165) is 6.07 Å². The third-order valence-electron chi connectivity index (χ3n) is 2.43. The summed E-state index contributed by atoms with van der Waals surface area (Å²) in [6.07, 6.45) is -4.56. The van der Waals surface area contributed by atoms with Crippen molar-refractivity contribution < 1.29 is 17.6 Å². The highest BCUT2D eigenvalue weighted by Crippen LogP contribution is 2.32. The van der Waals surface area contributed by atoms with Gasteiger partial charge in [0, 0.05) is 5.92 Å². The first-order chi connectivity index (χ1) is 7.79. The second kappa shape index (κ2) is 3.72. The molecule has 17 heavy (non-hydrogen) atoms. The Morgan fingerprint density at radius 2 is 1.88 bits per heavy atom. The molecule has 0 radical (unpaired) electrons. The molecule has 0 unspecified atom stereocenters. The standard InChI is InChI=1S/C11H10F4N2/c1-5(2)10-16-8-4-6(11(13,14)15)3-7(12)9(8)17-10/h3-5H,1-2H3,(H,16,17). The molecule has 1 heterocycles. The number of hydrogen-bond acceptors (Lipinski definition) is 1. The van der Waals surface area contributed by atoms with Gasteiger partial charge in [-0.2, -0.15) is 13.2 Å². The maximum Gasteiger partial charge on any atom is 0.416 e. The van der Waals surface area contributed by atoms with Crippen LogP contribution in [0.2, 0.25) is 0 Å². The summed E-state index contributed by atoms with van der Waals surface area (Å²) in [6.45, 7) is 3.64. The lowest BCUT2D eigenvalue weighted by Crippen LogP contribution is -2.05. The molecule has 0 aliphatic heterocycles. The fourth-order valence-corrected chi connectivity index (χ4v) is 1.53. The van der Waals surface area contributed by atoms with Gasteiger partial charge in [0.15, 0.2) is 5.82 Å². The van der Waals surface area contributed by atoms with E-state index >= 15 is 0 Å². The molecule has 0 fully saturated rings. The number of halogens is 4. The van der Waals surface area contributed by atoms with Crippen molar-refractivity contribution in [1.82, 2.24) is 9.97 Å². The van der Waals surface area contributed by atoms with Gasteiger partial charge in [-0.1, -0.05) is 13.8 Å². The van der Waals surface area contributed by atoms with E-state index in [1.54, 1.807) is 0 Å². The molecule has 2 aromatic rings. The predicted molar refractivity (Wildman–Crippen MR) is 55.1 cm³/mol. The SMILES string of the molecule is CC(C)c1nc2c(F)cc(C(F)(F)F)cc2[nH]1. The molecule has 0 spiro atoms. The number of fused-ring (bicyclic) bond motifs is 1. The van der Waals surface area contributed by atoms with E-state index < -0.39 is 17.6 Å². The molecule has 0 amide bonds. The molecular formula is C11H10F4N2. The second-order valence-electron chi connectivity index (χ2n) is 4.13. The number of benzene rings is 1. The van der Waals surface area contributed by atoms with Crippen LogP contribution < -0.4 is 0 Å². The van der Waals surface area contributed by atoms with Gasteiger partial charge in [0.25, 0.3) is 0 Å². The smallest absolute Gasteiger partial charge is 0.342 e. The first-order valence-corrected chi connectivity index (χ1v) is 5.05. The molecule has 0 aliphatic carbocycles. The molecule has 6 heteroatoms. The minimum atomic E-state index is -4.56. The molecule has 0 bridgehead atoms. The molecular weight excluding hydrogens is 236 g/mol. The second-order valence-corrected chi connectivity index (χ2v) is 4.13. The lowest BCUT2D eigenvalue weighted by atomic mass is 10.2. The number of imidazole rings is 1. The van der Waals surface area contributed by atoms with Crippen LogP contribution in [0.5, 0.6) is 0 Å². The lowest BCUT2D eigenvalue weighted by molar-refractivity contribution is -0.137. The van der Waals surface area contributed by atoms with Crippen LogP contribution in [0.1, 0.15) is 31.2 Å². The summed E-state index contributed by atoms with van der Waals surface area (Å²) in [5, 5.41) is 0. The van der Waals surface area contributed by atoms with Crippen molar-refractivity contribution >= 4 is 11.0 Å². The van der Waals surface area contributed by atoms with Crippen molar-refractivity contribution in [2.45, 2.75) is 25.9 Å². The topological polar surface area (TPSA) is 28.7 Å². The summed E-state index contributed by atoms with van der Waals surface area (Å²) < 4.78 is 50.9. The van der Waals surface area contributed by atoms with Crippen LogP contribution in [0.15, 0.2) is 12.1 Å². The molecule has 1 aromatic carbocycles. The van der Waals surface area contributed by atoms with Crippen LogP contribution in [0, 0.1) is 5.82 Å². The largest absolute Gasteiger partial charge is 0.416 e. The monoisotopic (exact) mass is 246 g/mol. The quantitative estimate of drug-likeness (QED) is 0.761. The molecule has 0 atom stereocenters. The van der Waals surface area contributed by atoms with E-state index in [-0.39, 0.29) is 17.0 Å². The molecule has 2 nitrogen and oxygen atoms in total. The highest BCUT2D eigenvalue weighted by molar-refractivity contribution is 5.77. The number of alkyl halides is 3. The van der Waals surface area contributed by atoms with E-state index in [4.69, 9.17) is 0 Å². The van der Waals surface area contributed by atoms with Crippen molar-refractivity contribution in [2.75, 3.05) is 0 Å². The van der Waals surface area contributed by atoms with E-state index in [9.17, 15) is 17.6 Å². The Morgan fingerprint density at radius 3 is 2.41 bits per heavy atom. The van der Waals surface area contributed by atoms with Gasteiger partial charge >= 0.3 is 6.18 Å². The number of aromatic nitrogens is 2. The summed E-state index contributed by atoms with van der Waals surface area (Å²) in [5.41, 5.74) is -0.996. The van der Waals surface area contributed by atoms with Gasteiger partial charge in [-0.15, -0.1) is 0 Å². The Labute approximate surface area is 94.7 Å². The molecule has 0 saturated heterocycles. The highest BCUT2D eigenvalue weighted by Gasteiger charge is 2.32. The summed E-state index contributed by atoms with van der Waals surface area (Å²) in [5.74, 6) is -0.493. The number of aromatic amines is 1.